The minimum Gasteiger partial charge on any atom is -0.347 e. The Morgan fingerprint density at radius 3 is 2.79 bits per heavy atom. The van der Waals surface area contributed by atoms with Gasteiger partial charge in [-0.2, -0.15) is 0 Å². The number of aromatic nitrogens is 1. The normalized spacial score (nSPS) is 30.8. The van der Waals surface area contributed by atoms with Gasteiger partial charge in [0, 0.05) is 5.38 Å². The SMILES string of the molecule is CCC1(c2cscn2)COC(C)(C)O1. The largest absolute Gasteiger partial charge is 0.347 e. The maximum absolute atomic E-state index is 5.95. The van der Waals surface area contributed by atoms with E-state index in [-0.39, 0.29) is 5.60 Å². The fraction of sp³-hybridized carbons (Fsp3) is 0.700. The number of thiazole rings is 1. The molecular weight excluding hydrogens is 198 g/mol. The minimum atomic E-state index is -0.486. The van der Waals surface area contributed by atoms with E-state index < -0.39 is 5.79 Å². The molecule has 1 unspecified atom stereocenters. The van der Waals surface area contributed by atoms with Crippen LogP contribution in [0.15, 0.2) is 10.9 Å². The fourth-order valence-electron chi connectivity index (χ4n) is 1.74. The molecule has 1 aliphatic heterocycles. The molecule has 0 amide bonds. The average Bonchev–Trinajstić information content (AvgIpc) is 2.72. The molecule has 0 spiro atoms. The maximum atomic E-state index is 5.95. The molecule has 3 nitrogen and oxygen atoms in total. The lowest BCUT2D eigenvalue weighted by atomic mass is 9.99. The van der Waals surface area contributed by atoms with E-state index >= 15 is 0 Å². The highest BCUT2D eigenvalue weighted by Crippen LogP contribution is 2.40. The summed E-state index contributed by atoms with van der Waals surface area (Å²) in [7, 11) is 0. The summed E-state index contributed by atoms with van der Waals surface area (Å²) in [6.45, 7) is 6.58. The quantitative estimate of drug-likeness (QED) is 0.756. The highest BCUT2D eigenvalue weighted by atomic mass is 32.1. The van der Waals surface area contributed by atoms with Crippen molar-refractivity contribution in [3.05, 3.63) is 16.6 Å². The third kappa shape index (κ3) is 1.58. The molecule has 1 aliphatic rings. The van der Waals surface area contributed by atoms with Crippen LogP contribution in [0.5, 0.6) is 0 Å². The maximum Gasteiger partial charge on any atom is 0.164 e. The van der Waals surface area contributed by atoms with E-state index in [0.717, 1.165) is 12.1 Å². The first-order valence-corrected chi connectivity index (χ1v) is 5.75. The van der Waals surface area contributed by atoms with Crippen molar-refractivity contribution in [2.75, 3.05) is 6.61 Å². The zero-order valence-electron chi connectivity index (χ0n) is 8.74. The van der Waals surface area contributed by atoms with E-state index in [9.17, 15) is 0 Å². The summed E-state index contributed by atoms with van der Waals surface area (Å²) in [5, 5.41) is 2.04. The van der Waals surface area contributed by atoms with Gasteiger partial charge in [-0.1, -0.05) is 6.92 Å². The molecule has 14 heavy (non-hydrogen) atoms. The molecule has 2 rings (SSSR count). The van der Waals surface area contributed by atoms with Crippen molar-refractivity contribution in [1.29, 1.82) is 0 Å². The molecule has 0 aliphatic carbocycles. The van der Waals surface area contributed by atoms with Crippen LogP contribution in [0, 0.1) is 0 Å². The van der Waals surface area contributed by atoms with Gasteiger partial charge in [-0.15, -0.1) is 11.3 Å². The minimum absolute atomic E-state index is 0.330. The van der Waals surface area contributed by atoms with Gasteiger partial charge >= 0.3 is 0 Å². The van der Waals surface area contributed by atoms with E-state index in [1.165, 1.54) is 0 Å². The summed E-state index contributed by atoms with van der Waals surface area (Å²) in [4.78, 5) is 4.32. The summed E-state index contributed by atoms with van der Waals surface area (Å²) in [6.07, 6.45) is 0.889. The van der Waals surface area contributed by atoms with Crippen LogP contribution in [0.2, 0.25) is 0 Å². The van der Waals surface area contributed by atoms with E-state index in [4.69, 9.17) is 9.47 Å². The van der Waals surface area contributed by atoms with Crippen molar-refractivity contribution >= 4 is 11.3 Å². The number of hydrogen-bond donors (Lipinski definition) is 0. The number of hydrogen-bond acceptors (Lipinski definition) is 4. The second-order valence-corrected chi connectivity index (χ2v) is 4.73. The van der Waals surface area contributed by atoms with Crippen molar-refractivity contribution in [2.24, 2.45) is 0 Å². The summed E-state index contributed by atoms with van der Waals surface area (Å²) >= 11 is 1.59. The van der Waals surface area contributed by atoms with Crippen LogP contribution >= 0.6 is 11.3 Å². The van der Waals surface area contributed by atoms with E-state index in [2.05, 4.69) is 11.9 Å². The number of rotatable bonds is 2. The zero-order valence-corrected chi connectivity index (χ0v) is 9.56. The van der Waals surface area contributed by atoms with Gasteiger partial charge in [-0.25, -0.2) is 4.98 Å². The van der Waals surface area contributed by atoms with Crippen LogP contribution in [0.3, 0.4) is 0 Å². The third-order valence-electron chi connectivity index (χ3n) is 2.56. The van der Waals surface area contributed by atoms with Crippen molar-refractivity contribution < 1.29 is 9.47 Å². The fourth-order valence-corrected chi connectivity index (χ4v) is 2.38. The molecule has 0 bridgehead atoms. The van der Waals surface area contributed by atoms with E-state index in [1.807, 2.05) is 24.7 Å². The Kier molecular flexibility index (Phi) is 2.37. The van der Waals surface area contributed by atoms with E-state index in [1.54, 1.807) is 11.3 Å². The molecule has 0 radical (unpaired) electrons. The predicted octanol–water partition coefficient (Wildman–Crippen LogP) is 2.53. The van der Waals surface area contributed by atoms with Gasteiger partial charge in [0.05, 0.1) is 17.8 Å². The highest BCUT2D eigenvalue weighted by molar-refractivity contribution is 7.07. The second-order valence-electron chi connectivity index (χ2n) is 4.01. The van der Waals surface area contributed by atoms with Crippen molar-refractivity contribution in [2.45, 2.75) is 38.6 Å². The molecule has 0 N–H and O–H groups in total. The van der Waals surface area contributed by atoms with Gasteiger partial charge in [0.25, 0.3) is 0 Å². The summed E-state index contributed by atoms with van der Waals surface area (Å²) in [6, 6.07) is 0. The van der Waals surface area contributed by atoms with Crippen LogP contribution in [-0.2, 0) is 15.1 Å². The Labute approximate surface area is 88.1 Å². The first kappa shape index (κ1) is 10.1. The first-order valence-electron chi connectivity index (χ1n) is 4.81. The van der Waals surface area contributed by atoms with Crippen LogP contribution in [-0.4, -0.2) is 17.4 Å². The summed E-state index contributed by atoms with van der Waals surface area (Å²) in [5.41, 5.74) is 2.50. The molecule has 0 aromatic carbocycles. The first-order chi connectivity index (χ1) is 6.58. The Morgan fingerprint density at radius 1 is 1.57 bits per heavy atom. The predicted molar refractivity (Wildman–Crippen MR) is 55.2 cm³/mol. The lowest BCUT2D eigenvalue weighted by Gasteiger charge is -2.26. The molecule has 1 aromatic rings. The molecule has 2 heterocycles. The van der Waals surface area contributed by atoms with Gasteiger partial charge in [0.1, 0.15) is 5.60 Å². The monoisotopic (exact) mass is 213 g/mol. The van der Waals surface area contributed by atoms with Crippen LogP contribution in [0.25, 0.3) is 0 Å². The molecule has 1 aromatic heterocycles. The lowest BCUT2D eigenvalue weighted by Crippen LogP contribution is -2.31. The standard InChI is InChI=1S/C10H15NO2S/c1-4-10(8-5-14-7-11-8)6-12-9(2,3)13-10/h5,7H,4,6H2,1-3H3. The Hall–Kier alpha value is -0.450. The van der Waals surface area contributed by atoms with Crippen molar-refractivity contribution in [1.82, 2.24) is 4.98 Å². The third-order valence-corrected chi connectivity index (χ3v) is 3.15. The Bertz CT molecular complexity index is 310. The van der Waals surface area contributed by atoms with Crippen molar-refractivity contribution in [3.8, 4) is 0 Å². The molecular formula is C10H15NO2S. The van der Waals surface area contributed by atoms with Gasteiger partial charge in [0.15, 0.2) is 5.79 Å². The van der Waals surface area contributed by atoms with Gasteiger partial charge in [-0.3, -0.25) is 0 Å². The molecule has 4 heteroatoms. The van der Waals surface area contributed by atoms with Crippen molar-refractivity contribution in [3.63, 3.8) is 0 Å². The van der Waals surface area contributed by atoms with Crippen LogP contribution < -0.4 is 0 Å². The van der Waals surface area contributed by atoms with Gasteiger partial charge in [0.2, 0.25) is 0 Å². The Balaban J connectivity index is 2.29. The highest BCUT2D eigenvalue weighted by Gasteiger charge is 2.46. The number of ether oxygens (including phenoxy) is 2. The lowest BCUT2D eigenvalue weighted by molar-refractivity contribution is -0.165. The molecule has 1 fully saturated rings. The zero-order chi connectivity index (χ0) is 10.2. The Morgan fingerprint density at radius 2 is 2.36 bits per heavy atom. The van der Waals surface area contributed by atoms with Gasteiger partial charge in [-0.05, 0) is 20.3 Å². The van der Waals surface area contributed by atoms with Crippen LogP contribution in [0.1, 0.15) is 32.9 Å². The second kappa shape index (κ2) is 3.29. The molecule has 78 valence electrons. The summed E-state index contributed by atoms with van der Waals surface area (Å²) in [5.74, 6) is -0.486. The topological polar surface area (TPSA) is 31.4 Å². The number of nitrogens with zero attached hydrogens (tertiary/aromatic N) is 1. The summed E-state index contributed by atoms with van der Waals surface area (Å²) < 4.78 is 11.6. The van der Waals surface area contributed by atoms with Gasteiger partial charge < -0.3 is 9.47 Å². The van der Waals surface area contributed by atoms with Crippen LogP contribution in [0.4, 0.5) is 0 Å². The smallest absolute Gasteiger partial charge is 0.164 e. The van der Waals surface area contributed by atoms with E-state index in [0.29, 0.717) is 6.61 Å². The molecule has 1 atom stereocenters. The average molecular weight is 213 g/mol. The molecule has 1 saturated heterocycles. The molecule has 0 saturated carbocycles.